The van der Waals surface area contributed by atoms with Gasteiger partial charge in [0.15, 0.2) is 0 Å². The molecule has 2 rings (SSSR count). The van der Waals surface area contributed by atoms with Crippen LogP contribution < -0.4 is 5.32 Å². The van der Waals surface area contributed by atoms with Crippen molar-refractivity contribution in [1.29, 1.82) is 0 Å². The molecular weight excluding hydrogens is 176 g/mol. The molecule has 1 aromatic heterocycles. The average Bonchev–Trinajstić information content (AvgIpc) is 2.78. The third kappa shape index (κ3) is 2.32. The first-order chi connectivity index (χ1) is 6.86. The summed E-state index contributed by atoms with van der Waals surface area (Å²) in [5.41, 5.74) is 0. The van der Waals surface area contributed by atoms with E-state index in [1.165, 1.54) is 25.7 Å². The largest absolute Gasteiger partial charge is 0.314 e. The van der Waals surface area contributed by atoms with E-state index in [0.29, 0.717) is 0 Å². The van der Waals surface area contributed by atoms with E-state index in [1.54, 1.807) is 6.33 Å². The van der Waals surface area contributed by atoms with Crippen LogP contribution in [0.15, 0.2) is 6.33 Å². The quantitative estimate of drug-likeness (QED) is 0.774. The highest BCUT2D eigenvalue weighted by atomic mass is 15.3. The zero-order valence-corrected chi connectivity index (χ0v) is 8.74. The molecule has 4 nitrogen and oxygen atoms in total. The van der Waals surface area contributed by atoms with Gasteiger partial charge < -0.3 is 5.32 Å². The van der Waals surface area contributed by atoms with Gasteiger partial charge in [-0.3, -0.25) is 4.68 Å². The normalized spacial score (nSPS) is 17.8. The highest BCUT2D eigenvalue weighted by Crippen LogP contribution is 2.17. The molecule has 0 aromatic carbocycles. The Kier molecular flexibility index (Phi) is 3.14. The average molecular weight is 194 g/mol. The van der Waals surface area contributed by atoms with Crippen LogP contribution in [0, 0.1) is 0 Å². The minimum atomic E-state index is 0.753. The fourth-order valence-electron chi connectivity index (χ4n) is 2.06. The topological polar surface area (TPSA) is 42.7 Å². The van der Waals surface area contributed by atoms with Crippen LogP contribution in [0.5, 0.6) is 0 Å². The Labute approximate surface area is 84.7 Å². The van der Waals surface area contributed by atoms with Crippen molar-refractivity contribution in [1.82, 2.24) is 20.1 Å². The maximum atomic E-state index is 4.19. The van der Waals surface area contributed by atoms with E-state index < -0.39 is 0 Å². The first kappa shape index (κ1) is 9.65. The van der Waals surface area contributed by atoms with Crippen LogP contribution in [0.2, 0.25) is 0 Å². The van der Waals surface area contributed by atoms with E-state index in [4.69, 9.17) is 0 Å². The predicted molar refractivity (Wildman–Crippen MR) is 55.0 cm³/mol. The fourth-order valence-corrected chi connectivity index (χ4v) is 2.06. The summed E-state index contributed by atoms with van der Waals surface area (Å²) in [5, 5.41) is 7.61. The second kappa shape index (κ2) is 4.55. The van der Waals surface area contributed by atoms with E-state index >= 15 is 0 Å². The van der Waals surface area contributed by atoms with Crippen molar-refractivity contribution in [3.63, 3.8) is 0 Å². The summed E-state index contributed by atoms with van der Waals surface area (Å²) in [7, 11) is 1.94. The Morgan fingerprint density at radius 1 is 1.50 bits per heavy atom. The molecular formula is C10H18N4. The molecule has 0 radical (unpaired) electrons. The van der Waals surface area contributed by atoms with Crippen molar-refractivity contribution in [3.8, 4) is 0 Å². The summed E-state index contributed by atoms with van der Waals surface area (Å²) in [6.07, 6.45) is 8.07. The lowest BCUT2D eigenvalue weighted by molar-refractivity contribution is 0.518. The van der Waals surface area contributed by atoms with Crippen molar-refractivity contribution in [2.45, 2.75) is 38.1 Å². The van der Waals surface area contributed by atoms with Gasteiger partial charge in [-0.1, -0.05) is 12.8 Å². The Hall–Kier alpha value is -0.900. The number of rotatable bonds is 4. The first-order valence-electron chi connectivity index (χ1n) is 5.42. The van der Waals surface area contributed by atoms with Gasteiger partial charge in [0, 0.05) is 26.1 Å². The number of nitrogens with one attached hydrogen (secondary N) is 1. The molecule has 0 atom stereocenters. The van der Waals surface area contributed by atoms with Crippen LogP contribution in [0.3, 0.4) is 0 Å². The molecule has 1 saturated carbocycles. The first-order valence-corrected chi connectivity index (χ1v) is 5.42. The van der Waals surface area contributed by atoms with Crippen molar-refractivity contribution < 1.29 is 0 Å². The molecule has 78 valence electrons. The zero-order valence-electron chi connectivity index (χ0n) is 8.74. The Balaban J connectivity index is 1.70. The summed E-state index contributed by atoms with van der Waals surface area (Å²) >= 11 is 0. The molecule has 4 heteroatoms. The lowest BCUT2D eigenvalue weighted by atomic mass is 10.2. The minimum Gasteiger partial charge on any atom is -0.314 e. The highest BCUT2D eigenvalue weighted by molar-refractivity contribution is 4.85. The van der Waals surface area contributed by atoms with Crippen LogP contribution in [0.25, 0.3) is 0 Å². The molecule has 14 heavy (non-hydrogen) atoms. The molecule has 0 spiro atoms. The molecule has 1 N–H and O–H groups in total. The molecule has 1 aliphatic carbocycles. The number of hydrogen-bond acceptors (Lipinski definition) is 3. The minimum absolute atomic E-state index is 0.753. The molecule has 1 fully saturated rings. The van der Waals surface area contributed by atoms with Crippen molar-refractivity contribution in [2.75, 3.05) is 6.54 Å². The lowest BCUT2D eigenvalue weighted by Gasteiger charge is -2.10. The fraction of sp³-hybridized carbons (Fsp3) is 0.800. The van der Waals surface area contributed by atoms with Gasteiger partial charge in [0.05, 0.1) is 0 Å². The molecule has 0 amide bonds. The Morgan fingerprint density at radius 3 is 2.93 bits per heavy atom. The van der Waals surface area contributed by atoms with Crippen molar-refractivity contribution >= 4 is 0 Å². The third-order valence-electron chi connectivity index (χ3n) is 2.94. The number of hydrogen-bond donors (Lipinski definition) is 1. The molecule has 1 heterocycles. The monoisotopic (exact) mass is 194 g/mol. The van der Waals surface area contributed by atoms with E-state index in [1.807, 2.05) is 11.7 Å². The van der Waals surface area contributed by atoms with Crippen molar-refractivity contribution in [2.24, 2.45) is 7.05 Å². The van der Waals surface area contributed by atoms with Gasteiger partial charge >= 0.3 is 0 Å². The molecule has 0 bridgehead atoms. The van der Waals surface area contributed by atoms with Gasteiger partial charge in [0.25, 0.3) is 0 Å². The van der Waals surface area contributed by atoms with E-state index in [9.17, 15) is 0 Å². The van der Waals surface area contributed by atoms with Crippen LogP contribution in [-0.4, -0.2) is 27.4 Å². The molecule has 0 saturated heterocycles. The summed E-state index contributed by atoms with van der Waals surface area (Å²) in [5.74, 6) is 1.07. The maximum Gasteiger partial charge on any atom is 0.138 e. The highest BCUT2D eigenvalue weighted by Gasteiger charge is 2.13. The van der Waals surface area contributed by atoms with Gasteiger partial charge in [-0.2, -0.15) is 5.10 Å². The maximum absolute atomic E-state index is 4.19. The third-order valence-corrected chi connectivity index (χ3v) is 2.94. The van der Waals surface area contributed by atoms with E-state index in [0.717, 1.165) is 24.8 Å². The zero-order chi connectivity index (χ0) is 9.80. The van der Waals surface area contributed by atoms with Crippen LogP contribution >= 0.6 is 0 Å². The molecule has 1 aliphatic rings. The number of aryl methyl sites for hydroxylation is 1. The van der Waals surface area contributed by atoms with Gasteiger partial charge in [-0.05, 0) is 12.8 Å². The lowest BCUT2D eigenvalue weighted by Crippen LogP contribution is -2.28. The van der Waals surface area contributed by atoms with Crippen molar-refractivity contribution in [3.05, 3.63) is 12.2 Å². The SMILES string of the molecule is Cn1ncnc1CCNC1CCCC1. The second-order valence-electron chi connectivity index (χ2n) is 3.99. The smallest absolute Gasteiger partial charge is 0.138 e. The summed E-state index contributed by atoms with van der Waals surface area (Å²) in [4.78, 5) is 4.19. The molecule has 0 aliphatic heterocycles. The van der Waals surface area contributed by atoms with Gasteiger partial charge in [-0.15, -0.1) is 0 Å². The molecule has 1 aromatic rings. The summed E-state index contributed by atoms with van der Waals surface area (Å²) < 4.78 is 1.84. The molecule has 0 unspecified atom stereocenters. The van der Waals surface area contributed by atoms with E-state index in [2.05, 4.69) is 15.4 Å². The standard InChI is InChI=1S/C10H18N4/c1-14-10(12-8-13-14)6-7-11-9-4-2-3-5-9/h8-9,11H,2-7H2,1H3. The van der Waals surface area contributed by atoms with Gasteiger partial charge in [-0.25, -0.2) is 4.98 Å². The van der Waals surface area contributed by atoms with Gasteiger partial charge in [0.1, 0.15) is 12.2 Å². The summed E-state index contributed by atoms with van der Waals surface area (Å²) in [6.45, 7) is 1.02. The van der Waals surface area contributed by atoms with E-state index in [-0.39, 0.29) is 0 Å². The Morgan fingerprint density at radius 2 is 2.29 bits per heavy atom. The van der Waals surface area contributed by atoms with Gasteiger partial charge in [0.2, 0.25) is 0 Å². The van der Waals surface area contributed by atoms with Crippen LogP contribution in [-0.2, 0) is 13.5 Å². The summed E-state index contributed by atoms with van der Waals surface area (Å²) in [6, 6.07) is 0.753. The van der Waals surface area contributed by atoms with Crippen LogP contribution in [0.4, 0.5) is 0 Å². The van der Waals surface area contributed by atoms with Crippen LogP contribution in [0.1, 0.15) is 31.5 Å². The predicted octanol–water partition coefficient (Wildman–Crippen LogP) is 0.890. The Bertz CT molecular complexity index is 275. The number of nitrogens with zero attached hydrogens (tertiary/aromatic N) is 3. The second-order valence-corrected chi connectivity index (χ2v) is 3.99. The number of aromatic nitrogens is 3.